The molecule has 2 rings (SSSR count). The third kappa shape index (κ3) is 3.67. The number of aromatic nitrogens is 1. The van der Waals surface area contributed by atoms with Crippen LogP contribution in [0.15, 0.2) is 18.5 Å². The average Bonchev–Trinajstić information content (AvgIpc) is 2.48. The van der Waals surface area contributed by atoms with E-state index in [0.717, 1.165) is 38.4 Å². The number of pyridine rings is 1. The summed E-state index contributed by atoms with van der Waals surface area (Å²) in [5.41, 5.74) is 1.60. The number of ether oxygens (including phenoxy) is 1. The van der Waals surface area contributed by atoms with Crippen molar-refractivity contribution in [2.45, 2.75) is 26.3 Å². The molecule has 19 heavy (non-hydrogen) atoms. The molecule has 1 aromatic heterocycles. The van der Waals surface area contributed by atoms with Gasteiger partial charge in [0.05, 0.1) is 30.7 Å². The summed E-state index contributed by atoms with van der Waals surface area (Å²) in [5, 5.41) is 2.95. The first-order chi connectivity index (χ1) is 9.20. The van der Waals surface area contributed by atoms with Gasteiger partial charge in [-0.05, 0) is 19.4 Å². The number of carbonyl (C=O) groups excluding carboxylic acids is 1. The van der Waals surface area contributed by atoms with Crippen molar-refractivity contribution in [3.05, 3.63) is 24.0 Å². The third-order valence-corrected chi connectivity index (χ3v) is 3.35. The lowest BCUT2D eigenvalue weighted by atomic mass is 10.2. The Balaban J connectivity index is 2.07. The molecule has 0 saturated carbocycles. The second kappa shape index (κ2) is 6.52. The Labute approximate surface area is 114 Å². The standard InChI is InChI=1S/C14H21N3O2/c1-3-11(2)16-14(18)12-8-13(10-15-9-12)17-4-6-19-7-5-17/h8-11H,3-7H2,1-2H3,(H,16,18). The van der Waals surface area contributed by atoms with E-state index >= 15 is 0 Å². The minimum absolute atomic E-state index is 0.0584. The summed E-state index contributed by atoms with van der Waals surface area (Å²) >= 11 is 0. The summed E-state index contributed by atoms with van der Waals surface area (Å²) in [5.74, 6) is -0.0584. The molecular formula is C14H21N3O2. The van der Waals surface area contributed by atoms with E-state index in [1.165, 1.54) is 0 Å². The first-order valence-electron chi connectivity index (χ1n) is 6.79. The lowest BCUT2D eigenvalue weighted by molar-refractivity contribution is 0.0939. The zero-order chi connectivity index (χ0) is 13.7. The molecule has 0 spiro atoms. The van der Waals surface area contributed by atoms with Crippen LogP contribution in [-0.2, 0) is 4.74 Å². The molecule has 0 aliphatic carbocycles. The molecular weight excluding hydrogens is 242 g/mol. The van der Waals surface area contributed by atoms with Crippen molar-refractivity contribution in [2.75, 3.05) is 31.2 Å². The molecule has 1 unspecified atom stereocenters. The van der Waals surface area contributed by atoms with Crippen molar-refractivity contribution in [3.63, 3.8) is 0 Å². The number of nitrogens with one attached hydrogen (secondary N) is 1. The fraction of sp³-hybridized carbons (Fsp3) is 0.571. The van der Waals surface area contributed by atoms with Crippen molar-refractivity contribution >= 4 is 11.6 Å². The van der Waals surface area contributed by atoms with Gasteiger partial charge in [-0.3, -0.25) is 9.78 Å². The second-order valence-corrected chi connectivity index (χ2v) is 4.81. The summed E-state index contributed by atoms with van der Waals surface area (Å²) in [6.45, 7) is 7.19. The van der Waals surface area contributed by atoms with Crippen LogP contribution in [-0.4, -0.2) is 43.2 Å². The normalized spacial score (nSPS) is 17.1. The number of morpholine rings is 1. The van der Waals surface area contributed by atoms with Gasteiger partial charge in [-0.2, -0.15) is 0 Å². The first kappa shape index (κ1) is 13.8. The molecule has 1 saturated heterocycles. The van der Waals surface area contributed by atoms with Gasteiger partial charge in [0, 0.05) is 25.3 Å². The number of anilines is 1. The maximum Gasteiger partial charge on any atom is 0.253 e. The van der Waals surface area contributed by atoms with Crippen molar-refractivity contribution in [2.24, 2.45) is 0 Å². The fourth-order valence-electron chi connectivity index (χ4n) is 1.96. The molecule has 0 bridgehead atoms. The van der Waals surface area contributed by atoms with Gasteiger partial charge in [-0.1, -0.05) is 6.92 Å². The lowest BCUT2D eigenvalue weighted by Crippen LogP contribution is -2.36. The van der Waals surface area contributed by atoms with Crippen LogP contribution in [0.1, 0.15) is 30.6 Å². The van der Waals surface area contributed by atoms with Crippen LogP contribution >= 0.6 is 0 Å². The highest BCUT2D eigenvalue weighted by Gasteiger charge is 2.14. The van der Waals surface area contributed by atoms with Gasteiger partial charge >= 0.3 is 0 Å². The van der Waals surface area contributed by atoms with E-state index in [4.69, 9.17) is 4.74 Å². The van der Waals surface area contributed by atoms with Crippen LogP contribution in [0.3, 0.4) is 0 Å². The predicted octanol–water partition coefficient (Wildman–Crippen LogP) is 1.45. The molecule has 1 aromatic rings. The highest BCUT2D eigenvalue weighted by molar-refractivity contribution is 5.94. The van der Waals surface area contributed by atoms with E-state index < -0.39 is 0 Å². The monoisotopic (exact) mass is 263 g/mol. The van der Waals surface area contributed by atoms with Crippen molar-refractivity contribution in [1.29, 1.82) is 0 Å². The number of amides is 1. The summed E-state index contributed by atoms with van der Waals surface area (Å²) in [6, 6.07) is 2.08. The number of hydrogen-bond acceptors (Lipinski definition) is 4. The molecule has 0 radical (unpaired) electrons. The van der Waals surface area contributed by atoms with Crippen LogP contribution in [0.25, 0.3) is 0 Å². The summed E-state index contributed by atoms with van der Waals surface area (Å²) in [4.78, 5) is 18.4. The van der Waals surface area contributed by atoms with E-state index in [1.807, 2.05) is 19.9 Å². The largest absolute Gasteiger partial charge is 0.378 e. The molecule has 1 aliphatic heterocycles. The number of nitrogens with zero attached hydrogens (tertiary/aromatic N) is 2. The molecule has 104 valence electrons. The topological polar surface area (TPSA) is 54.5 Å². The van der Waals surface area contributed by atoms with Crippen molar-refractivity contribution < 1.29 is 9.53 Å². The Morgan fingerprint density at radius 1 is 1.47 bits per heavy atom. The number of rotatable bonds is 4. The van der Waals surface area contributed by atoms with Gasteiger partial charge in [0.2, 0.25) is 0 Å². The Hall–Kier alpha value is -1.62. The molecule has 0 aromatic carbocycles. The van der Waals surface area contributed by atoms with E-state index in [9.17, 15) is 4.79 Å². The van der Waals surface area contributed by atoms with E-state index in [-0.39, 0.29) is 11.9 Å². The van der Waals surface area contributed by atoms with Gasteiger partial charge in [-0.25, -0.2) is 0 Å². The predicted molar refractivity (Wildman–Crippen MR) is 74.5 cm³/mol. The first-order valence-corrected chi connectivity index (χ1v) is 6.79. The molecule has 1 fully saturated rings. The highest BCUT2D eigenvalue weighted by atomic mass is 16.5. The molecule has 1 amide bonds. The molecule has 2 heterocycles. The number of carbonyl (C=O) groups is 1. The summed E-state index contributed by atoms with van der Waals surface area (Å²) in [6.07, 6.45) is 4.33. The third-order valence-electron chi connectivity index (χ3n) is 3.35. The van der Waals surface area contributed by atoms with Crippen LogP contribution in [0.2, 0.25) is 0 Å². The van der Waals surface area contributed by atoms with Crippen molar-refractivity contribution in [1.82, 2.24) is 10.3 Å². The van der Waals surface area contributed by atoms with Gasteiger partial charge in [0.1, 0.15) is 0 Å². The zero-order valence-corrected chi connectivity index (χ0v) is 11.6. The van der Waals surface area contributed by atoms with Crippen LogP contribution in [0, 0.1) is 0 Å². The average molecular weight is 263 g/mol. The van der Waals surface area contributed by atoms with Gasteiger partial charge < -0.3 is 15.0 Å². The van der Waals surface area contributed by atoms with Crippen LogP contribution in [0.4, 0.5) is 5.69 Å². The molecule has 1 atom stereocenters. The molecule has 1 N–H and O–H groups in total. The Morgan fingerprint density at radius 3 is 2.89 bits per heavy atom. The smallest absolute Gasteiger partial charge is 0.253 e. The zero-order valence-electron chi connectivity index (χ0n) is 11.6. The molecule has 5 heteroatoms. The van der Waals surface area contributed by atoms with Crippen LogP contribution < -0.4 is 10.2 Å². The van der Waals surface area contributed by atoms with Gasteiger partial charge in [0.25, 0.3) is 5.91 Å². The van der Waals surface area contributed by atoms with Gasteiger partial charge in [-0.15, -0.1) is 0 Å². The fourth-order valence-corrected chi connectivity index (χ4v) is 1.96. The molecule has 5 nitrogen and oxygen atoms in total. The quantitative estimate of drug-likeness (QED) is 0.893. The number of hydrogen-bond donors (Lipinski definition) is 1. The van der Waals surface area contributed by atoms with E-state index in [1.54, 1.807) is 12.4 Å². The summed E-state index contributed by atoms with van der Waals surface area (Å²) in [7, 11) is 0. The maximum absolute atomic E-state index is 12.1. The Bertz CT molecular complexity index is 430. The second-order valence-electron chi connectivity index (χ2n) is 4.81. The molecule has 1 aliphatic rings. The maximum atomic E-state index is 12.1. The Morgan fingerprint density at radius 2 is 2.21 bits per heavy atom. The summed E-state index contributed by atoms with van der Waals surface area (Å²) < 4.78 is 5.32. The SMILES string of the molecule is CCC(C)NC(=O)c1cncc(N2CCOCC2)c1. The van der Waals surface area contributed by atoms with Crippen molar-refractivity contribution in [3.8, 4) is 0 Å². The minimum Gasteiger partial charge on any atom is -0.378 e. The highest BCUT2D eigenvalue weighted by Crippen LogP contribution is 2.16. The minimum atomic E-state index is -0.0584. The van der Waals surface area contributed by atoms with Crippen LogP contribution in [0.5, 0.6) is 0 Å². The Kier molecular flexibility index (Phi) is 4.74. The lowest BCUT2D eigenvalue weighted by Gasteiger charge is -2.28. The van der Waals surface area contributed by atoms with E-state index in [0.29, 0.717) is 5.56 Å². The van der Waals surface area contributed by atoms with E-state index in [2.05, 4.69) is 15.2 Å². The van der Waals surface area contributed by atoms with Gasteiger partial charge in [0.15, 0.2) is 0 Å².